The highest BCUT2D eigenvalue weighted by molar-refractivity contribution is 5.91. The number of hydrogen-bond donors (Lipinski definition) is 2. The third kappa shape index (κ3) is 3.45. The SMILES string of the molecule is COc1cc(C)cc(OCc2cccc(C(=O)O)c2O)c1. The van der Waals surface area contributed by atoms with E-state index in [1.807, 2.05) is 19.1 Å². The van der Waals surface area contributed by atoms with Crippen LogP contribution in [0.3, 0.4) is 0 Å². The molecule has 5 heteroatoms. The van der Waals surface area contributed by atoms with Crippen molar-refractivity contribution >= 4 is 5.97 Å². The molecule has 0 aliphatic heterocycles. The maximum Gasteiger partial charge on any atom is 0.339 e. The van der Waals surface area contributed by atoms with Crippen LogP contribution in [0.1, 0.15) is 21.5 Å². The van der Waals surface area contributed by atoms with Crippen molar-refractivity contribution < 1.29 is 24.5 Å². The topological polar surface area (TPSA) is 76.0 Å². The second-order valence-electron chi connectivity index (χ2n) is 4.59. The van der Waals surface area contributed by atoms with E-state index >= 15 is 0 Å². The quantitative estimate of drug-likeness (QED) is 0.884. The first-order chi connectivity index (χ1) is 10.0. The zero-order valence-electron chi connectivity index (χ0n) is 11.8. The van der Waals surface area contributed by atoms with Crippen LogP contribution in [-0.4, -0.2) is 23.3 Å². The lowest BCUT2D eigenvalue weighted by molar-refractivity contribution is 0.0693. The molecule has 0 unspecified atom stereocenters. The van der Waals surface area contributed by atoms with Crippen molar-refractivity contribution in [2.75, 3.05) is 7.11 Å². The van der Waals surface area contributed by atoms with Crippen LogP contribution in [-0.2, 0) is 6.61 Å². The highest BCUT2D eigenvalue weighted by atomic mass is 16.5. The van der Waals surface area contributed by atoms with Gasteiger partial charge < -0.3 is 19.7 Å². The molecule has 2 N–H and O–H groups in total. The third-order valence-electron chi connectivity index (χ3n) is 3.00. The second-order valence-corrected chi connectivity index (χ2v) is 4.59. The number of para-hydroxylation sites is 1. The minimum Gasteiger partial charge on any atom is -0.507 e. The number of carbonyl (C=O) groups is 1. The van der Waals surface area contributed by atoms with Gasteiger partial charge in [-0.3, -0.25) is 0 Å². The summed E-state index contributed by atoms with van der Waals surface area (Å²) < 4.78 is 10.8. The van der Waals surface area contributed by atoms with Crippen molar-refractivity contribution in [3.8, 4) is 17.2 Å². The number of aryl methyl sites for hydroxylation is 1. The largest absolute Gasteiger partial charge is 0.507 e. The number of hydrogen-bond acceptors (Lipinski definition) is 4. The lowest BCUT2D eigenvalue weighted by atomic mass is 10.1. The number of carboxylic acid groups (broad SMARTS) is 1. The average molecular weight is 288 g/mol. The van der Waals surface area contributed by atoms with Crippen molar-refractivity contribution in [1.82, 2.24) is 0 Å². The van der Waals surface area contributed by atoms with Gasteiger partial charge in [0.25, 0.3) is 0 Å². The van der Waals surface area contributed by atoms with Gasteiger partial charge >= 0.3 is 5.97 Å². The highest BCUT2D eigenvalue weighted by Gasteiger charge is 2.13. The predicted octanol–water partition coefficient (Wildman–Crippen LogP) is 2.99. The fourth-order valence-electron chi connectivity index (χ4n) is 1.96. The van der Waals surface area contributed by atoms with Crippen LogP contribution >= 0.6 is 0 Å². The Hall–Kier alpha value is -2.69. The van der Waals surface area contributed by atoms with Crippen molar-refractivity contribution in [1.29, 1.82) is 0 Å². The standard InChI is InChI=1S/C16H16O5/c1-10-6-12(20-2)8-13(7-10)21-9-11-4-3-5-14(15(11)17)16(18)19/h3-8,17H,9H2,1-2H3,(H,18,19). The molecule has 5 nitrogen and oxygen atoms in total. The summed E-state index contributed by atoms with van der Waals surface area (Å²) in [4.78, 5) is 11.0. The minimum atomic E-state index is -1.17. The lowest BCUT2D eigenvalue weighted by Crippen LogP contribution is -2.02. The van der Waals surface area contributed by atoms with Gasteiger partial charge in [-0.2, -0.15) is 0 Å². The normalized spacial score (nSPS) is 10.2. The van der Waals surface area contributed by atoms with E-state index in [4.69, 9.17) is 14.6 Å². The van der Waals surface area contributed by atoms with E-state index in [1.165, 1.54) is 6.07 Å². The smallest absolute Gasteiger partial charge is 0.339 e. The Kier molecular flexibility index (Phi) is 4.33. The molecule has 0 saturated heterocycles. The van der Waals surface area contributed by atoms with Gasteiger partial charge in [-0.05, 0) is 30.7 Å². The third-order valence-corrected chi connectivity index (χ3v) is 3.00. The fraction of sp³-hybridized carbons (Fsp3) is 0.188. The molecule has 0 bridgehead atoms. The van der Waals surface area contributed by atoms with Crippen molar-refractivity contribution in [3.05, 3.63) is 53.1 Å². The molecule has 2 rings (SSSR count). The molecule has 0 amide bonds. The van der Waals surface area contributed by atoms with Crippen LogP contribution in [0.25, 0.3) is 0 Å². The maximum atomic E-state index is 11.0. The first-order valence-electron chi connectivity index (χ1n) is 6.34. The van der Waals surface area contributed by atoms with E-state index < -0.39 is 5.97 Å². The Morgan fingerprint density at radius 1 is 1.19 bits per heavy atom. The molecule has 2 aromatic rings. The Bertz CT molecular complexity index is 664. The molecular formula is C16H16O5. The molecule has 0 radical (unpaired) electrons. The number of aromatic hydroxyl groups is 1. The van der Waals surface area contributed by atoms with E-state index in [-0.39, 0.29) is 17.9 Å². The van der Waals surface area contributed by atoms with Gasteiger partial charge in [0.15, 0.2) is 0 Å². The summed E-state index contributed by atoms with van der Waals surface area (Å²) in [5, 5.41) is 18.9. The van der Waals surface area contributed by atoms with E-state index in [0.29, 0.717) is 17.1 Å². The number of aromatic carboxylic acids is 1. The summed E-state index contributed by atoms with van der Waals surface area (Å²) in [6.07, 6.45) is 0. The van der Waals surface area contributed by atoms with Gasteiger partial charge in [-0.25, -0.2) is 4.79 Å². The summed E-state index contributed by atoms with van der Waals surface area (Å²) in [6, 6.07) is 9.96. The first kappa shape index (κ1) is 14.7. The fourth-order valence-corrected chi connectivity index (χ4v) is 1.96. The van der Waals surface area contributed by atoms with Crippen LogP contribution in [0.2, 0.25) is 0 Å². The Morgan fingerprint density at radius 2 is 1.90 bits per heavy atom. The molecule has 0 aromatic heterocycles. The van der Waals surface area contributed by atoms with Crippen LogP contribution < -0.4 is 9.47 Å². The molecular weight excluding hydrogens is 272 g/mol. The molecule has 0 heterocycles. The summed E-state index contributed by atoms with van der Waals surface area (Å²) in [5.41, 5.74) is 1.25. The average Bonchev–Trinajstić information content (AvgIpc) is 2.45. The number of ether oxygens (including phenoxy) is 2. The number of benzene rings is 2. The molecule has 0 atom stereocenters. The van der Waals surface area contributed by atoms with E-state index in [9.17, 15) is 9.90 Å². The van der Waals surface area contributed by atoms with Crippen LogP contribution in [0.4, 0.5) is 0 Å². The van der Waals surface area contributed by atoms with Crippen molar-refractivity contribution in [2.45, 2.75) is 13.5 Å². The monoisotopic (exact) mass is 288 g/mol. The minimum absolute atomic E-state index is 0.0690. The maximum absolute atomic E-state index is 11.0. The van der Waals surface area contributed by atoms with Crippen LogP contribution in [0.5, 0.6) is 17.2 Å². The molecule has 21 heavy (non-hydrogen) atoms. The predicted molar refractivity (Wildman–Crippen MR) is 77.1 cm³/mol. The van der Waals surface area contributed by atoms with Crippen molar-refractivity contribution in [2.24, 2.45) is 0 Å². The molecule has 2 aromatic carbocycles. The lowest BCUT2D eigenvalue weighted by Gasteiger charge is -2.11. The summed E-state index contributed by atoms with van der Waals surface area (Å²) in [6.45, 7) is 1.98. The van der Waals surface area contributed by atoms with Crippen LogP contribution in [0, 0.1) is 6.92 Å². The Balaban J connectivity index is 2.19. The van der Waals surface area contributed by atoms with Gasteiger partial charge in [0.2, 0.25) is 0 Å². The summed E-state index contributed by atoms with van der Waals surface area (Å²) in [7, 11) is 1.57. The number of phenols is 1. The Morgan fingerprint density at radius 3 is 2.57 bits per heavy atom. The molecule has 110 valence electrons. The molecule has 0 spiro atoms. The summed E-state index contributed by atoms with van der Waals surface area (Å²) in [5.74, 6) is -0.184. The molecule has 0 fully saturated rings. The first-order valence-corrected chi connectivity index (χ1v) is 6.34. The van der Waals surface area contributed by atoms with Gasteiger partial charge in [-0.15, -0.1) is 0 Å². The molecule has 0 aliphatic carbocycles. The zero-order valence-corrected chi connectivity index (χ0v) is 11.8. The molecule has 0 saturated carbocycles. The van der Waals surface area contributed by atoms with E-state index in [2.05, 4.69) is 0 Å². The highest BCUT2D eigenvalue weighted by Crippen LogP contribution is 2.26. The Labute approximate surface area is 122 Å². The van der Waals surface area contributed by atoms with E-state index in [1.54, 1.807) is 25.3 Å². The van der Waals surface area contributed by atoms with Gasteiger partial charge in [0.05, 0.1) is 7.11 Å². The zero-order chi connectivity index (χ0) is 15.4. The van der Waals surface area contributed by atoms with E-state index in [0.717, 1.165) is 5.56 Å². The number of methoxy groups -OCH3 is 1. The number of rotatable bonds is 5. The summed E-state index contributed by atoms with van der Waals surface area (Å²) >= 11 is 0. The van der Waals surface area contributed by atoms with Gasteiger partial charge in [0.1, 0.15) is 29.4 Å². The van der Waals surface area contributed by atoms with Crippen molar-refractivity contribution in [3.63, 3.8) is 0 Å². The van der Waals surface area contributed by atoms with Gasteiger partial charge in [0, 0.05) is 11.6 Å². The number of carboxylic acids is 1. The molecule has 0 aliphatic rings. The van der Waals surface area contributed by atoms with Crippen LogP contribution in [0.15, 0.2) is 36.4 Å². The van der Waals surface area contributed by atoms with Gasteiger partial charge in [-0.1, -0.05) is 12.1 Å². The second kappa shape index (κ2) is 6.17.